The molecule has 2 aliphatic rings. The Labute approximate surface area is 120 Å². The first-order valence-electron chi connectivity index (χ1n) is 7.59. The highest BCUT2D eigenvalue weighted by atomic mass is 16.5. The predicted octanol–water partition coefficient (Wildman–Crippen LogP) is 2.30. The van der Waals surface area contributed by atoms with Gasteiger partial charge >= 0.3 is 0 Å². The van der Waals surface area contributed by atoms with Crippen molar-refractivity contribution in [3.63, 3.8) is 0 Å². The highest BCUT2D eigenvalue weighted by Gasteiger charge is 2.46. The first-order chi connectivity index (χ1) is 9.65. The number of hydrogen-bond donors (Lipinski definition) is 1. The van der Waals surface area contributed by atoms with E-state index >= 15 is 0 Å². The molecule has 0 spiro atoms. The second-order valence-corrected chi connectivity index (χ2v) is 6.18. The van der Waals surface area contributed by atoms with Gasteiger partial charge in [0.1, 0.15) is 0 Å². The first kappa shape index (κ1) is 13.9. The van der Waals surface area contributed by atoms with Gasteiger partial charge in [-0.2, -0.15) is 5.10 Å². The predicted molar refractivity (Wildman–Crippen MR) is 77.0 cm³/mol. The smallest absolute Gasteiger partial charge is 0.161 e. The van der Waals surface area contributed by atoms with E-state index in [2.05, 4.69) is 28.9 Å². The molecule has 0 aromatic carbocycles. The van der Waals surface area contributed by atoms with Gasteiger partial charge in [0.05, 0.1) is 37.3 Å². The summed E-state index contributed by atoms with van der Waals surface area (Å²) < 4.78 is 13.6. The van der Waals surface area contributed by atoms with Crippen molar-refractivity contribution in [2.75, 3.05) is 14.2 Å². The molecule has 5 nitrogen and oxygen atoms in total. The van der Waals surface area contributed by atoms with E-state index in [1.54, 1.807) is 7.11 Å². The minimum Gasteiger partial charge on any atom is -0.493 e. The van der Waals surface area contributed by atoms with Crippen LogP contribution in [0.4, 0.5) is 0 Å². The van der Waals surface area contributed by atoms with E-state index in [9.17, 15) is 0 Å². The maximum Gasteiger partial charge on any atom is 0.161 e. The third kappa shape index (κ3) is 2.13. The van der Waals surface area contributed by atoms with Crippen molar-refractivity contribution < 1.29 is 9.47 Å². The van der Waals surface area contributed by atoms with Gasteiger partial charge in [0.2, 0.25) is 0 Å². The molecular weight excluding hydrogens is 254 g/mol. The molecule has 3 rings (SSSR count). The molecule has 0 aliphatic carbocycles. The molecule has 2 bridgehead atoms. The lowest BCUT2D eigenvalue weighted by atomic mass is 9.82. The van der Waals surface area contributed by atoms with Crippen molar-refractivity contribution in [2.45, 2.75) is 57.4 Å². The molecule has 1 N–H and O–H groups in total. The second kappa shape index (κ2) is 5.37. The fraction of sp³-hybridized carbons (Fsp3) is 0.800. The zero-order valence-corrected chi connectivity index (χ0v) is 12.8. The molecule has 112 valence electrons. The maximum absolute atomic E-state index is 6.03. The minimum atomic E-state index is 0.241. The minimum absolute atomic E-state index is 0.241. The van der Waals surface area contributed by atoms with Crippen LogP contribution in [0.2, 0.25) is 0 Å². The molecule has 0 radical (unpaired) electrons. The van der Waals surface area contributed by atoms with Gasteiger partial charge in [-0.15, -0.1) is 0 Å². The molecule has 4 unspecified atom stereocenters. The standard InChI is InChI=1S/C15H25N3O2/c1-9(2)18-15(13(19-4)8-17-18)14(16-3)11-7-10-5-6-12(11)20-10/h8-12,14,16H,5-7H2,1-4H3. The summed E-state index contributed by atoms with van der Waals surface area (Å²) in [6.45, 7) is 4.31. The lowest BCUT2D eigenvalue weighted by Gasteiger charge is -2.30. The van der Waals surface area contributed by atoms with Gasteiger partial charge in [0.25, 0.3) is 0 Å². The normalized spacial score (nSPS) is 30.1. The molecule has 4 atom stereocenters. The quantitative estimate of drug-likeness (QED) is 0.898. The Morgan fingerprint density at radius 2 is 2.25 bits per heavy atom. The van der Waals surface area contributed by atoms with Gasteiger partial charge in [-0.25, -0.2) is 0 Å². The van der Waals surface area contributed by atoms with Crippen molar-refractivity contribution in [3.8, 4) is 5.75 Å². The molecule has 2 aliphatic heterocycles. The highest BCUT2D eigenvalue weighted by Crippen LogP contribution is 2.46. The molecule has 2 fully saturated rings. The fourth-order valence-electron chi connectivity index (χ4n) is 3.80. The zero-order valence-electron chi connectivity index (χ0n) is 12.8. The average molecular weight is 279 g/mol. The van der Waals surface area contributed by atoms with Crippen molar-refractivity contribution in [1.29, 1.82) is 0 Å². The largest absolute Gasteiger partial charge is 0.493 e. The number of methoxy groups -OCH3 is 1. The Balaban J connectivity index is 1.94. The number of nitrogens with zero attached hydrogens (tertiary/aromatic N) is 2. The molecule has 5 heteroatoms. The molecule has 3 heterocycles. The number of ether oxygens (including phenoxy) is 2. The molecule has 2 saturated heterocycles. The van der Waals surface area contributed by atoms with Crippen LogP contribution in [-0.2, 0) is 4.74 Å². The van der Waals surface area contributed by atoms with Crippen LogP contribution in [0.1, 0.15) is 50.9 Å². The molecular formula is C15H25N3O2. The second-order valence-electron chi connectivity index (χ2n) is 6.18. The lowest BCUT2D eigenvalue weighted by molar-refractivity contribution is 0.0852. The molecule has 0 amide bonds. The van der Waals surface area contributed by atoms with E-state index in [0.717, 1.165) is 17.9 Å². The van der Waals surface area contributed by atoms with Gasteiger partial charge in [-0.3, -0.25) is 4.68 Å². The Kier molecular flexibility index (Phi) is 3.73. The van der Waals surface area contributed by atoms with E-state index < -0.39 is 0 Å². The maximum atomic E-state index is 6.03. The summed E-state index contributed by atoms with van der Waals surface area (Å²) in [4.78, 5) is 0. The first-order valence-corrected chi connectivity index (χ1v) is 7.59. The van der Waals surface area contributed by atoms with E-state index in [1.807, 2.05) is 13.2 Å². The summed E-state index contributed by atoms with van der Waals surface area (Å²) >= 11 is 0. The van der Waals surface area contributed by atoms with E-state index in [1.165, 1.54) is 12.8 Å². The Morgan fingerprint density at radius 1 is 1.45 bits per heavy atom. The number of hydrogen-bond acceptors (Lipinski definition) is 4. The van der Waals surface area contributed by atoms with Crippen LogP contribution in [0.3, 0.4) is 0 Å². The Hall–Kier alpha value is -1.07. The van der Waals surface area contributed by atoms with Crippen LogP contribution in [0, 0.1) is 5.92 Å². The van der Waals surface area contributed by atoms with Gasteiger partial charge < -0.3 is 14.8 Å². The lowest BCUT2D eigenvalue weighted by Crippen LogP contribution is -2.34. The Bertz CT molecular complexity index is 472. The van der Waals surface area contributed by atoms with E-state index in [0.29, 0.717) is 24.2 Å². The summed E-state index contributed by atoms with van der Waals surface area (Å²) in [6.07, 6.45) is 6.22. The molecule has 0 saturated carbocycles. The van der Waals surface area contributed by atoms with Crippen molar-refractivity contribution in [3.05, 3.63) is 11.9 Å². The van der Waals surface area contributed by atoms with Crippen LogP contribution in [-0.4, -0.2) is 36.1 Å². The van der Waals surface area contributed by atoms with Crippen molar-refractivity contribution in [2.24, 2.45) is 5.92 Å². The summed E-state index contributed by atoms with van der Waals surface area (Å²) in [6, 6.07) is 0.564. The van der Waals surface area contributed by atoms with Crippen LogP contribution in [0.5, 0.6) is 5.75 Å². The van der Waals surface area contributed by atoms with Gasteiger partial charge in [0, 0.05) is 12.0 Å². The monoisotopic (exact) mass is 279 g/mol. The van der Waals surface area contributed by atoms with E-state index in [-0.39, 0.29) is 6.04 Å². The summed E-state index contributed by atoms with van der Waals surface area (Å²) in [5.74, 6) is 1.39. The summed E-state index contributed by atoms with van der Waals surface area (Å²) in [7, 11) is 3.74. The number of aromatic nitrogens is 2. The van der Waals surface area contributed by atoms with Gasteiger partial charge in [-0.1, -0.05) is 0 Å². The van der Waals surface area contributed by atoms with Crippen LogP contribution < -0.4 is 10.1 Å². The fourth-order valence-corrected chi connectivity index (χ4v) is 3.80. The SMILES string of the molecule is CNC(c1c(OC)cnn1C(C)C)C1CC2CCC1O2. The zero-order chi connectivity index (χ0) is 14.3. The van der Waals surface area contributed by atoms with Crippen LogP contribution >= 0.6 is 0 Å². The third-order valence-electron chi connectivity index (χ3n) is 4.69. The number of rotatable bonds is 5. The number of fused-ring (bicyclic) bond motifs is 2. The molecule has 1 aromatic rings. The van der Waals surface area contributed by atoms with Crippen LogP contribution in [0.25, 0.3) is 0 Å². The topological polar surface area (TPSA) is 48.3 Å². The average Bonchev–Trinajstić information content (AvgIpc) is 3.13. The molecule has 1 aromatic heterocycles. The number of nitrogens with one attached hydrogen (secondary N) is 1. The summed E-state index contributed by atoms with van der Waals surface area (Å²) in [5.41, 5.74) is 1.16. The van der Waals surface area contributed by atoms with E-state index in [4.69, 9.17) is 9.47 Å². The third-order valence-corrected chi connectivity index (χ3v) is 4.69. The van der Waals surface area contributed by atoms with Gasteiger partial charge in [-0.05, 0) is 40.2 Å². The van der Waals surface area contributed by atoms with Crippen LogP contribution in [0.15, 0.2) is 6.20 Å². The van der Waals surface area contributed by atoms with Crippen molar-refractivity contribution >= 4 is 0 Å². The van der Waals surface area contributed by atoms with Crippen molar-refractivity contribution in [1.82, 2.24) is 15.1 Å². The highest BCUT2D eigenvalue weighted by molar-refractivity contribution is 5.30. The summed E-state index contributed by atoms with van der Waals surface area (Å²) in [5, 5.41) is 7.98. The van der Waals surface area contributed by atoms with Gasteiger partial charge in [0.15, 0.2) is 5.75 Å². The molecule has 20 heavy (non-hydrogen) atoms. The Morgan fingerprint density at radius 3 is 2.75 bits per heavy atom.